The minimum atomic E-state index is -0.263. The summed E-state index contributed by atoms with van der Waals surface area (Å²) in [5, 5.41) is 10.8. The third-order valence-electron chi connectivity index (χ3n) is 10.7. The molecule has 1 atom stereocenters. The number of ether oxygens (including phenoxy) is 1. The van der Waals surface area contributed by atoms with Crippen molar-refractivity contribution in [2.24, 2.45) is 0 Å². The monoisotopic (exact) mass is 674 g/mol. The van der Waals surface area contributed by atoms with Gasteiger partial charge in [0.1, 0.15) is 17.9 Å². The van der Waals surface area contributed by atoms with Gasteiger partial charge in [-0.3, -0.25) is 19.4 Å². The fourth-order valence-corrected chi connectivity index (χ4v) is 7.95. The highest BCUT2D eigenvalue weighted by atomic mass is 16.7. The Kier molecular flexibility index (Phi) is 9.27. The molecule has 4 aliphatic rings. The number of hydroxylamine groups is 1. The third kappa shape index (κ3) is 6.73. The fourth-order valence-electron chi connectivity index (χ4n) is 7.95. The predicted octanol–water partition coefficient (Wildman–Crippen LogP) is 6.14. The lowest BCUT2D eigenvalue weighted by molar-refractivity contribution is -0.111. The van der Waals surface area contributed by atoms with E-state index in [0.717, 1.165) is 57.2 Å². The van der Waals surface area contributed by atoms with Gasteiger partial charge in [0, 0.05) is 69.9 Å². The number of hydrogen-bond donors (Lipinski definition) is 2. The number of carbonyl (C=O) groups excluding carboxylic acids is 1. The summed E-state index contributed by atoms with van der Waals surface area (Å²) in [7, 11) is 1.66. The number of piperidine rings is 1. The molecule has 3 aromatic carbocycles. The highest BCUT2D eigenvalue weighted by Crippen LogP contribution is 2.41. The summed E-state index contributed by atoms with van der Waals surface area (Å²) in [6.07, 6.45) is 8.61. The Morgan fingerprint density at radius 1 is 0.880 bits per heavy atom. The van der Waals surface area contributed by atoms with Crippen LogP contribution in [-0.2, 0) is 9.63 Å². The Balaban J connectivity index is 1.01. The second-order valence-corrected chi connectivity index (χ2v) is 13.7. The van der Waals surface area contributed by atoms with Gasteiger partial charge in [-0.25, -0.2) is 15.0 Å². The molecule has 50 heavy (non-hydrogen) atoms. The first-order valence-corrected chi connectivity index (χ1v) is 18.0. The van der Waals surface area contributed by atoms with Crippen molar-refractivity contribution >= 4 is 45.4 Å². The van der Waals surface area contributed by atoms with Gasteiger partial charge < -0.3 is 20.3 Å². The lowest BCUT2D eigenvalue weighted by Gasteiger charge is -2.43. The number of anilines is 5. The maximum Gasteiger partial charge on any atom is 0.247 e. The van der Waals surface area contributed by atoms with Crippen molar-refractivity contribution in [1.29, 1.82) is 0 Å². The van der Waals surface area contributed by atoms with Crippen LogP contribution in [0.2, 0.25) is 0 Å². The van der Waals surface area contributed by atoms with Crippen molar-refractivity contribution in [3.63, 3.8) is 0 Å². The molecule has 11 nitrogen and oxygen atoms in total. The Labute approximate surface area is 293 Å². The van der Waals surface area contributed by atoms with E-state index in [2.05, 4.69) is 84.3 Å². The molecule has 1 amide bonds. The molecule has 8 rings (SSSR count). The third-order valence-corrected chi connectivity index (χ3v) is 10.7. The molecule has 0 radical (unpaired) electrons. The molecule has 3 saturated heterocycles. The van der Waals surface area contributed by atoms with Crippen LogP contribution >= 0.6 is 0 Å². The summed E-state index contributed by atoms with van der Waals surface area (Å²) < 4.78 is 5.92. The first-order valence-electron chi connectivity index (χ1n) is 18.0. The van der Waals surface area contributed by atoms with Crippen molar-refractivity contribution < 1.29 is 14.4 Å². The SMILES string of the molecule is C=CC(=O)Nc1cc(Nc2cc(N3OCCC3c3cccc4ccccc34)ncn2)c(OC)cc1N1CCC(N2CCN(C3CC3)CC2)CC1. The van der Waals surface area contributed by atoms with Gasteiger partial charge in [-0.05, 0) is 54.2 Å². The molecule has 4 heterocycles. The number of carbonyl (C=O) groups is 1. The van der Waals surface area contributed by atoms with Crippen molar-refractivity contribution in [3.8, 4) is 5.75 Å². The van der Waals surface area contributed by atoms with E-state index in [-0.39, 0.29) is 11.9 Å². The number of benzene rings is 3. The number of rotatable bonds is 10. The fraction of sp³-hybridized carbons (Fsp3) is 0.410. The average molecular weight is 675 g/mol. The van der Waals surface area contributed by atoms with Crippen LogP contribution in [0.15, 0.2) is 79.6 Å². The van der Waals surface area contributed by atoms with E-state index in [1.165, 1.54) is 54.7 Å². The molecular formula is C39H46N8O3. The van der Waals surface area contributed by atoms with Crippen LogP contribution in [0.4, 0.5) is 28.7 Å². The summed E-state index contributed by atoms with van der Waals surface area (Å²) in [6, 6.07) is 22.1. The minimum absolute atomic E-state index is 0.00914. The molecule has 2 N–H and O–H groups in total. The quantitative estimate of drug-likeness (QED) is 0.191. The molecule has 1 saturated carbocycles. The van der Waals surface area contributed by atoms with E-state index >= 15 is 0 Å². The van der Waals surface area contributed by atoms with E-state index in [4.69, 9.17) is 9.57 Å². The Morgan fingerprint density at radius 2 is 1.62 bits per heavy atom. The zero-order valence-electron chi connectivity index (χ0n) is 28.8. The molecule has 4 aromatic rings. The van der Waals surface area contributed by atoms with Crippen molar-refractivity contribution in [3.05, 3.63) is 85.2 Å². The molecular weight excluding hydrogens is 628 g/mol. The van der Waals surface area contributed by atoms with Crippen molar-refractivity contribution in [2.75, 3.05) is 73.6 Å². The van der Waals surface area contributed by atoms with Gasteiger partial charge >= 0.3 is 0 Å². The summed E-state index contributed by atoms with van der Waals surface area (Å²) in [5.41, 5.74) is 3.51. The molecule has 260 valence electrons. The van der Waals surface area contributed by atoms with Gasteiger partial charge in [0.15, 0.2) is 5.82 Å². The number of amides is 1. The number of nitrogens with one attached hydrogen (secondary N) is 2. The van der Waals surface area contributed by atoms with Gasteiger partial charge in [-0.1, -0.05) is 49.0 Å². The Hall–Kier alpha value is -4.71. The van der Waals surface area contributed by atoms with Crippen LogP contribution < -0.4 is 25.3 Å². The summed E-state index contributed by atoms with van der Waals surface area (Å²) in [5.74, 6) is 1.63. The van der Waals surface area contributed by atoms with E-state index in [1.807, 2.05) is 23.3 Å². The molecule has 11 heteroatoms. The molecule has 0 spiro atoms. The second kappa shape index (κ2) is 14.3. The number of methoxy groups -OCH3 is 1. The van der Waals surface area contributed by atoms with Gasteiger partial charge in [0.25, 0.3) is 0 Å². The first-order chi connectivity index (χ1) is 24.6. The molecule has 3 aliphatic heterocycles. The van der Waals surface area contributed by atoms with Crippen LogP contribution in [0.1, 0.15) is 43.7 Å². The van der Waals surface area contributed by atoms with Gasteiger partial charge in [0.2, 0.25) is 5.91 Å². The van der Waals surface area contributed by atoms with Crippen LogP contribution in [0.5, 0.6) is 5.75 Å². The van der Waals surface area contributed by atoms with Crippen LogP contribution in [0.25, 0.3) is 10.8 Å². The summed E-state index contributed by atoms with van der Waals surface area (Å²) in [4.78, 5) is 35.7. The van der Waals surface area contributed by atoms with Crippen molar-refractivity contribution in [1.82, 2.24) is 19.8 Å². The summed E-state index contributed by atoms with van der Waals surface area (Å²) in [6.45, 7) is 10.8. The largest absolute Gasteiger partial charge is 0.494 e. The molecule has 1 unspecified atom stereocenters. The van der Waals surface area contributed by atoms with Crippen LogP contribution in [-0.4, -0.2) is 90.7 Å². The van der Waals surface area contributed by atoms with Gasteiger partial charge in [-0.15, -0.1) is 0 Å². The number of piperazine rings is 1. The smallest absolute Gasteiger partial charge is 0.247 e. The first kappa shape index (κ1) is 32.5. The summed E-state index contributed by atoms with van der Waals surface area (Å²) >= 11 is 0. The van der Waals surface area contributed by atoms with Crippen LogP contribution in [0, 0.1) is 0 Å². The standard InChI is InChI=1S/C39H46N8O3/c1-3-39(48)43-32-23-33(36(49-2)24-35(32)46-16-13-29(14-17-46)45-20-18-44(19-21-45)28-11-12-28)42-37-25-38(41-26-40-37)47-34(15-22-50-47)31-10-6-8-27-7-4-5-9-30(27)31/h3-10,23-26,28-29,34H,1,11-22H2,2H3,(H,43,48)(H,40,41,42). The van der Waals surface area contributed by atoms with E-state index < -0.39 is 0 Å². The lowest BCUT2D eigenvalue weighted by Crippen LogP contribution is -2.53. The second-order valence-electron chi connectivity index (χ2n) is 13.7. The average Bonchev–Trinajstić information content (AvgIpc) is 3.91. The van der Waals surface area contributed by atoms with E-state index in [0.29, 0.717) is 41.4 Å². The lowest BCUT2D eigenvalue weighted by atomic mass is 9.97. The molecule has 4 fully saturated rings. The molecule has 1 aromatic heterocycles. The molecule has 0 bridgehead atoms. The van der Waals surface area contributed by atoms with Gasteiger partial charge in [0.05, 0.1) is 36.8 Å². The Morgan fingerprint density at radius 3 is 2.36 bits per heavy atom. The number of nitrogens with zero attached hydrogens (tertiary/aromatic N) is 6. The zero-order chi connectivity index (χ0) is 34.0. The highest BCUT2D eigenvalue weighted by Gasteiger charge is 2.34. The number of aromatic nitrogens is 2. The van der Waals surface area contributed by atoms with Gasteiger partial charge in [-0.2, -0.15) is 0 Å². The highest BCUT2D eigenvalue weighted by molar-refractivity contribution is 6.02. The molecule has 1 aliphatic carbocycles. The number of fused-ring (bicyclic) bond motifs is 1. The Bertz CT molecular complexity index is 1840. The topological polar surface area (TPSA) is 98.3 Å². The van der Waals surface area contributed by atoms with E-state index in [9.17, 15) is 4.79 Å². The normalized spacial score (nSPS) is 20.6. The number of hydrogen-bond acceptors (Lipinski definition) is 10. The van der Waals surface area contributed by atoms with Crippen LogP contribution in [0.3, 0.4) is 0 Å². The van der Waals surface area contributed by atoms with E-state index in [1.54, 1.807) is 7.11 Å². The predicted molar refractivity (Wildman–Crippen MR) is 198 cm³/mol. The maximum atomic E-state index is 12.6. The maximum absolute atomic E-state index is 12.6. The minimum Gasteiger partial charge on any atom is -0.494 e. The zero-order valence-corrected chi connectivity index (χ0v) is 28.8. The van der Waals surface area contributed by atoms with Crippen molar-refractivity contribution in [2.45, 2.75) is 50.2 Å².